The minimum Gasteiger partial charge on any atom is -0.392 e. The summed E-state index contributed by atoms with van der Waals surface area (Å²) in [6, 6.07) is 0. The fraction of sp³-hybridized carbons (Fsp3) is 0.867. The van der Waals surface area contributed by atoms with E-state index in [2.05, 4.69) is 26.8 Å². The molecule has 0 aliphatic heterocycles. The summed E-state index contributed by atoms with van der Waals surface area (Å²) in [5, 5.41) is 10.3. The number of rotatable bonds is 1. The molecule has 1 saturated carbocycles. The van der Waals surface area contributed by atoms with Crippen LogP contribution < -0.4 is 0 Å². The molecule has 0 saturated heterocycles. The Morgan fingerprint density at radius 3 is 2.62 bits per heavy atom. The van der Waals surface area contributed by atoms with E-state index in [-0.39, 0.29) is 13.5 Å². The van der Waals surface area contributed by atoms with Crippen LogP contribution in [0.2, 0.25) is 0 Å². The van der Waals surface area contributed by atoms with Crippen molar-refractivity contribution in [1.29, 1.82) is 0 Å². The van der Waals surface area contributed by atoms with Gasteiger partial charge >= 0.3 is 0 Å². The maximum Gasteiger partial charge on any atom is 0.0610 e. The summed E-state index contributed by atoms with van der Waals surface area (Å²) in [5.74, 6) is 2.81. The molecule has 1 N–H and O–H groups in total. The molecule has 0 unspecified atom stereocenters. The van der Waals surface area contributed by atoms with Crippen LogP contribution in [-0.4, -0.2) is 11.2 Å². The summed E-state index contributed by atoms with van der Waals surface area (Å²) >= 11 is 0. The Morgan fingerprint density at radius 2 is 2.00 bits per heavy atom. The second kappa shape index (κ2) is 5.35. The molecule has 0 aromatic heterocycles. The predicted octanol–water partition coefficient (Wildman–Crippen LogP) is 4.02. The van der Waals surface area contributed by atoms with Crippen LogP contribution in [0.5, 0.6) is 0 Å². The lowest BCUT2D eigenvalue weighted by Gasteiger charge is -2.30. The number of allylic oxidation sites excluding steroid dienone is 1. The molecule has 94 valence electrons. The average molecular weight is 224 g/mol. The SMILES string of the molecule is C.CC1=CC[C@H]2CC[C@@H](C(C)C)[C@@H]2[C@@H](O)C1. The Labute approximate surface area is 101 Å². The molecule has 1 fully saturated rings. The van der Waals surface area contributed by atoms with Gasteiger partial charge < -0.3 is 5.11 Å². The van der Waals surface area contributed by atoms with Gasteiger partial charge in [0.1, 0.15) is 0 Å². The van der Waals surface area contributed by atoms with E-state index < -0.39 is 0 Å². The fourth-order valence-electron chi connectivity index (χ4n) is 3.70. The van der Waals surface area contributed by atoms with Gasteiger partial charge in [0.25, 0.3) is 0 Å². The molecule has 0 aromatic rings. The van der Waals surface area contributed by atoms with E-state index in [9.17, 15) is 5.11 Å². The molecule has 2 rings (SSSR count). The van der Waals surface area contributed by atoms with Gasteiger partial charge in [0, 0.05) is 0 Å². The van der Waals surface area contributed by atoms with Crippen LogP contribution in [0.4, 0.5) is 0 Å². The Balaban J connectivity index is 0.00000128. The first-order valence-electron chi connectivity index (χ1n) is 6.43. The Hall–Kier alpha value is -0.300. The summed E-state index contributed by atoms with van der Waals surface area (Å²) in [7, 11) is 0. The Bertz CT molecular complexity index is 254. The highest BCUT2D eigenvalue weighted by molar-refractivity contribution is 5.08. The Morgan fingerprint density at radius 1 is 1.31 bits per heavy atom. The summed E-state index contributed by atoms with van der Waals surface area (Å²) in [6.45, 7) is 6.78. The molecule has 1 nitrogen and oxygen atoms in total. The van der Waals surface area contributed by atoms with E-state index in [1.54, 1.807) is 0 Å². The minimum absolute atomic E-state index is 0. The molecule has 1 heteroatoms. The third-order valence-corrected chi connectivity index (χ3v) is 4.51. The van der Waals surface area contributed by atoms with Crippen molar-refractivity contribution in [2.24, 2.45) is 23.7 Å². The minimum atomic E-state index is -0.0800. The molecule has 0 aromatic carbocycles. The number of aliphatic hydroxyl groups is 1. The summed E-state index contributed by atoms with van der Waals surface area (Å²) < 4.78 is 0. The zero-order valence-corrected chi connectivity index (χ0v) is 10.2. The number of fused-ring (bicyclic) bond motifs is 1. The van der Waals surface area contributed by atoms with Crippen molar-refractivity contribution in [3.05, 3.63) is 11.6 Å². The molecule has 16 heavy (non-hydrogen) atoms. The highest BCUT2D eigenvalue weighted by Gasteiger charge is 2.41. The summed E-state index contributed by atoms with van der Waals surface area (Å²) in [4.78, 5) is 0. The lowest BCUT2D eigenvalue weighted by molar-refractivity contribution is 0.0522. The molecule has 0 radical (unpaired) electrons. The standard InChI is InChI=1S/C14H24O.CH4/c1-9(2)12-7-6-11-5-4-10(3)8-13(15)14(11)12;/h4,9,11-15H,5-8H2,1-3H3;1H4/t11-,12-,13-,14+;/m0./s1. The van der Waals surface area contributed by atoms with Gasteiger partial charge in [0.05, 0.1) is 6.10 Å². The molecule has 0 spiro atoms. The van der Waals surface area contributed by atoms with E-state index in [0.717, 1.165) is 24.2 Å². The van der Waals surface area contributed by atoms with E-state index in [4.69, 9.17) is 0 Å². The summed E-state index contributed by atoms with van der Waals surface area (Å²) in [5.41, 5.74) is 1.39. The van der Waals surface area contributed by atoms with E-state index in [1.165, 1.54) is 24.8 Å². The number of hydrogen-bond donors (Lipinski definition) is 1. The van der Waals surface area contributed by atoms with Gasteiger partial charge in [-0.15, -0.1) is 0 Å². The third-order valence-electron chi connectivity index (χ3n) is 4.51. The molecule has 2 aliphatic rings. The molecule has 2 aliphatic carbocycles. The summed E-state index contributed by atoms with van der Waals surface area (Å²) in [6.07, 6.45) is 7.05. The largest absolute Gasteiger partial charge is 0.392 e. The zero-order valence-electron chi connectivity index (χ0n) is 10.2. The normalized spacial score (nSPS) is 38.7. The van der Waals surface area contributed by atoms with Crippen molar-refractivity contribution in [3.63, 3.8) is 0 Å². The van der Waals surface area contributed by atoms with Gasteiger partial charge in [0.15, 0.2) is 0 Å². The lowest BCUT2D eigenvalue weighted by Crippen LogP contribution is -2.30. The van der Waals surface area contributed by atoms with Gasteiger partial charge in [-0.1, -0.05) is 32.9 Å². The smallest absolute Gasteiger partial charge is 0.0610 e. The molecular formula is C15H28O. The van der Waals surface area contributed by atoms with E-state index in [0.29, 0.717) is 5.92 Å². The van der Waals surface area contributed by atoms with Crippen molar-refractivity contribution in [1.82, 2.24) is 0 Å². The van der Waals surface area contributed by atoms with Crippen molar-refractivity contribution in [2.45, 2.75) is 60.0 Å². The van der Waals surface area contributed by atoms with E-state index in [1.807, 2.05) is 0 Å². The maximum absolute atomic E-state index is 10.3. The number of aliphatic hydroxyl groups excluding tert-OH is 1. The molecule has 0 amide bonds. The van der Waals surface area contributed by atoms with Crippen LogP contribution in [0, 0.1) is 23.7 Å². The first kappa shape index (κ1) is 13.8. The molecule has 0 heterocycles. The van der Waals surface area contributed by atoms with Crippen LogP contribution in [-0.2, 0) is 0 Å². The van der Waals surface area contributed by atoms with Crippen molar-refractivity contribution < 1.29 is 5.11 Å². The highest BCUT2D eigenvalue weighted by atomic mass is 16.3. The van der Waals surface area contributed by atoms with Crippen LogP contribution in [0.15, 0.2) is 11.6 Å². The van der Waals surface area contributed by atoms with Gasteiger partial charge in [0.2, 0.25) is 0 Å². The van der Waals surface area contributed by atoms with Gasteiger partial charge in [-0.25, -0.2) is 0 Å². The zero-order chi connectivity index (χ0) is 11.0. The van der Waals surface area contributed by atoms with Gasteiger partial charge in [-0.3, -0.25) is 0 Å². The first-order chi connectivity index (χ1) is 7.09. The monoisotopic (exact) mass is 224 g/mol. The van der Waals surface area contributed by atoms with Gasteiger partial charge in [-0.2, -0.15) is 0 Å². The number of hydrogen-bond acceptors (Lipinski definition) is 1. The molecular weight excluding hydrogens is 196 g/mol. The topological polar surface area (TPSA) is 20.2 Å². The maximum atomic E-state index is 10.3. The van der Waals surface area contributed by atoms with Crippen molar-refractivity contribution in [3.8, 4) is 0 Å². The lowest BCUT2D eigenvalue weighted by atomic mass is 9.78. The fourth-order valence-corrected chi connectivity index (χ4v) is 3.70. The van der Waals surface area contributed by atoms with Crippen molar-refractivity contribution >= 4 is 0 Å². The molecule has 0 bridgehead atoms. The second-order valence-electron chi connectivity index (χ2n) is 5.88. The second-order valence-corrected chi connectivity index (χ2v) is 5.88. The first-order valence-corrected chi connectivity index (χ1v) is 6.43. The van der Waals surface area contributed by atoms with Crippen LogP contribution in [0.3, 0.4) is 0 Å². The van der Waals surface area contributed by atoms with E-state index >= 15 is 0 Å². The van der Waals surface area contributed by atoms with Crippen molar-refractivity contribution in [2.75, 3.05) is 0 Å². The predicted molar refractivity (Wildman–Crippen MR) is 70.3 cm³/mol. The average Bonchev–Trinajstić information content (AvgIpc) is 2.52. The highest BCUT2D eigenvalue weighted by Crippen LogP contribution is 2.47. The Kier molecular flexibility index (Phi) is 4.61. The molecule has 4 atom stereocenters. The van der Waals surface area contributed by atoms with Crippen LogP contribution in [0.25, 0.3) is 0 Å². The van der Waals surface area contributed by atoms with Crippen LogP contribution in [0.1, 0.15) is 53.9 Å². The van der Waals surface area contributed by atoms with Crippen LogP contribution >= 0.6 is 0 Å². The quantitative estimate of drug-likeness (QED) is 0.667. The van der Waals surface area contributed by atoms with Gasteiger partial charge in [-0.05, 0) is 56.3 Å². The third kappa shape index (κ3) is 2.51.